The van der Waals surface area contributed by atoms with Crippen molar-refractivity contribution in [3.05, 3.63) is 0 Å². The Bertz CT molecular complexity index is 187. The van der Waals surface area contributed by atoms with Gasteiger partial charge in [0.1, 0.15) is 0 Å². The molecule has 0 aliphatic carbocycles. The highest BCUT2D eigenvalue weighted by Crippen LogP contribution is 2.43. The van der Waals surface area contributed by atoms with E-state index in [9.17, 15) is 0 Å². The standard InChI is InChI=1S/C12H30N2Si/c1-9-11(3)15(13-10-2,14(7)8)12(4,5)6/h11,13H,9-10H2,1-8H3. The molecular weight excluding hydrogens is 200 g/mol. The van der Waals surface area contributed by atoms with Crippen LogP contribution in [-0.4, -0.2) is 33.6 Å². The van der Waals surface area contributed by atoms with Gasteiger partial charge < -0.3 is 9.55 Å². The van der Waals surface area contributed by atoms with Crippen molar-refractivity contribution in [1.29, 1.82) is 0 Å². The van der Waals surface area contributed by atoms with Gasteiger partial charge in [0.15, 0.2) is 0 Å². The molecule has 92 valence electrons. The van der Waals surface area contributed by atoms with Gasteiger partial charge in [-0.1, -0.05) is 48.0 Å². The number of rotatable bonds is 5. The summed E-state index contributed by atoms with van der Waals surface area (Å²) < 4.78 is 2.49. The lowest BCUT2D eigenvalue weighted by atomic mass is 10.2. The minimum atomic E-state index is -1.59. The molecule has 0 fully saturated rings. The highest BCUT2D eigenvalue weighted by molar-refractivity contribution is 6.78. The summed E-state index contributed by atoms with van der Waals surface area (Å²) in [7, 11) is 2.89. The van der Waals surface area contributed by atoms with Crippen LogP contribution in [0.5, 0.6) is 0 Å². The predicted molar refractivity (Wildman–Crippen MR) is 72.5 cm³/mol. The van der Waals surface area contributed by atoms with E-state index in [1.54, 1.807) is 0 Å². The molecule has 0 heterocycles. The van der Waals surface area contributed by atoms with Gasteiger partial charge in [-0.2, -0.15) is 0 Å². The smallest absolute Gasteiger partial charge is 0.212 e. The molecule has 15 heavy (non-hydrogen) atoms. The molecule has 0 aliphatic heterocycles. The van der Waals surface area contributed by atoms with Gasteiger partial charge >= 0.3 is 0 Å². The second kappa shape index (κ2) is 5.46. The molecule has 0 saturated heterocycles. The van der Waals surface area contributed by atoms with Crippen LogP contribution in [-0.2, 0) is 0 Å². The Balaban J connectivity index is 5.27. The van der Waals surface area contributed by atoms with E-state index >= 15 is 0 Å². The lowest BCUT2D eigenvalue weighted by Crippen LogP contribution is -2.69. The molecule has 0 aromatic carbocycles. The van der Waals surface area contributed by atoms with Crippen LogP contribution in [0.1, 0.15) is 48.0 Å². The second-order valence-electron chi connectivity index (χ2n) is 5.75. The van der Waals surface area contributed by atoms with E-state index in [2.05, 4.69) is 65.2 Å². The Kier molecular flexibility index (Phi) is 5.51. The van der Waals surface area contributed by atoms with Gasteiger partial charge in [-0.05, 0) is 31.2 Å². The van der Waals surface area contributed by atoms with Crippen molar-refractivity contribution in [1.82, 2.24) is 9.55 Å². The Labute approximate surface area is 97.6 Å². The van der Waals surface area contributed by atoms with Crippen molar-refractivity contribution >= 4 is 8.40 Å². The van der Waals surface area contributed by atoms with Crippen molar-refractivity contribution in [2.45, 2.75) is 58.5 Å². The van der Waals surface area contributed by atoms with Crippen LogP contribution in [0.4, 0.5) is 0 Å². The van der Waals surface area contributed by atoms with Crippen LogP contribution in [0.15, 0.2) is 0 Å². The predicted octanol–water partition coefficient (Wildman–Crippen LogP) is 3.20. The molecular formula is C12H30N2Si. The largest absolute Gasteiger partial charge is 0.325 e. The summed E-state index contributed by atoms with van der Waals surface area (Å²) in [5.41, 5.74) is 0.771. The Morgan fingerprint density at radius 2 is 1.67 bits per heavy atom. The van der Waals surface area contributed by atoms with Crippen LogP contribution in [0, 0.1) is 0 Å². The van der Waals surface area contributed by atoms with E-state index in [1.807, 2.05) is 0 Å². The van der Waals surface area contributed by atoms with Gasteiger partial charge in [-0.15, -0.1) is 0 Å². The average Bonchev–Trinajstić information content (AvgIpc) is 2.10. The molecule has 0 aliphatic rings. The summed E-state index contributed by atoms with van der Waals surface area (Å²) in [6, 6.07) is 0. The monoisotopic (exact) mass is 230 g/mol. The molecule has 1 N–H and O–H groups in total. The molecule has 3 heteroatoms. The summed E-state index contributed by atoms with van der Waals surface area (Å²) in [6.07, 6.45) is 1.26. The van der Waals surface area contributed by atoms with Crippen LogP contribution in [0.25, 0.3) is 0 Å². The first-order chi connectivity index (χ1) is 6.74. The van der Waals surface area contributed by atoms with Gasteiger partial charge in [0.05, 0.1) is 0 Å². The summed E-state index contributed by atoms with van der Waals surface area (Å²) in [5.74, 6) is 0. The fourth-order valence-corrected chi connectivity index (χ4v) is 9.04. The molecule has 0 spiro atoms. The van der Waals surface area contributed by atoms with Crippen molar-refractivity contribution in [2.24, 2.45) is 0 Å². The molecule has 2 unspecified atom stereocenters. The van der Waals surface area contributed by atoms with Crippen LogP contribution in [0.3, 0.4) is 0 Å². The lowest BCUT2D eigenvalue weighted by Gasteiger charge is -2.51. The summed E-state index contributed by atoms with van der Waals surface area (Å²) in [4.78, 5) is 3.85. The molecule has 0 aromatic heterocycles. The third-order valence-electron chi connectivity index (χ3n) is 3.62. The van der Waals surface area contributed by atoms with Gasteiger partial charge in [0, 0.05) is 0 Å². The third kappa shape index (κ3) is 2.83. The van der Waals surface area contributed by atoms with Crippen LogP contribution < -0.4 is 4.98 Å². The summed E-state index contributed by atoms with van der Waals surface area (Å²) in [5, 5.41) is 0.363. The minimum absolute atomic E-state index is 0.363. The highest BCUT2D eigenvalue weighted by Gasteiger charge is 2.50. The first-order valence-electron chi connectivity index (χ1n) is 6.16. The van der Waals surface area contributed by atoms with E-state index in [0.717, 1.165) is 12.1 Å². The van der Waals surface area contributed by atoms with Gasteiger partial charge in [-0.3, -0.25) is 0 Å². The van der Waals surface area contributed by atoms with Crippen LogP contribution in [0.2, 0.25) is 10.6 Å². The SMILES string of the molecule is CCN[Si](C(C)CC)(N(C)C)C(C)(C)C. The first kappa shape index (κ1) is 15.1. The molecule has 0 amide bonds. The molecule has 0 rings (SSSR count). The zero-order chi connectivity index (χ0) is 12.3. The van der Waals surface area contributed by atoms with Gasteiger partial charge in [-0.25, -0.2) is 0 Å². The maximum atomic E-state index is 3.85. The molecule has 0 aromatic rings. The molecule has 0 saturated carbocycles. The first-order valence-corrected chi connectivity index (χ1v) is 8.18. The van der Waals surface area contributed by atoms with E-state index < -0.39 is 8.40 Å². The van der Waals surface area contributed by atoms with Crippen molar-refractivity contribution < 1.29 is 0 Å². The number of hydrogen-bond acceptors (Lipinski definition) is 2. The zero-order valence-electron chi connectivity index (χ0n) is 11.9. The Morgan fingerprint density at radius 3 is 1.87 bits per heavy atom. The molecule has 0 bridgehead atoms. The van der Waals surface area contributed by atoms with E-state index in [1.165, 1.54) is 6.42 Å². The molecule has 2 atom stereocenters. The molecule has 0 radical (unpaired) electrons. The third-order valence-corrected chi connectivity index (χ3v) is 10.0. The fraction of sp³-hybridized carbons (Fsp3) is 1.00. The van der Waals surface area contributed by atoms with Crippen molar-refractivity contribution in [3.63, 3.8) is 0 Å². The zero-order valence-corrected chi connectivity index (χ0v) is 12.9. The van der Waals surface area contributed by atoms with E-state index in [4.69, 9.17) is 0 Å². The van der Waals surface area contributed by atoms with Crippen LogP contribution >= 0.6 is 0 Å². The average molecular weight is 230 g/mol. The lowest BCUT2D eigenvalue weighted by molar-refractivity contribution is 0.481. The van der Waals surface area contributed by atoms with E-state index in [0.29, 0.717) is 5.04 Å². The number of nitrogens with one attached hydrogen (secondary N) is 1. The van der Waals surface area contributed by atoms with Gasteiger partial charge in [0.2, 0.25) is 8.40 Å². The number of nitrogens with zero attached hydrogens (tertiary/aromatic N) is 1. The quantitative estimate of drug-likeness (QED) is 0.730. The normalized spacial score (nSPS) is 19.0. The van der Waals surface area contributed by atoms with E-state index in [-0.39, 0.29) is 0 Å². The Morgan fingerprint density at radius 1 is 1.20 bits per heavy atom. The summed E-state index contributed by atoms with van der Waals surface area (Å²) >= 11 is 0. The fourth-order valence-electron chi connectivity index (χ4n) is 3.01. The molecule has 2 nitrogen and oxygen atoms in total. The maximum Gasteiger partial charge on any atom is 0.212 e. The summed E-state index contributed by atoms with van der Waals surface area (Å²) in [6.45, 7) is 15.2. The van der Waals surface area contributed by atoms with Crippen molar-refractivity contribution in [2.75, 3.05) is 20.6 Å². The van der Waals surface area contributed by atoms with Gasteiger partial charge in [0.25, 0.3) is 0 Å². The minimum Gasteiger partial charge on any atom is -0.325 e. The van der Waals surface area contributed by atoms with Crippen molar-refractivity contribution in [3.8, 4) is 0 Å². The number of hydrogen-bond donors (Lipinski definition) is 1. The topological polar surface area (TPSA) is 15.3 Å². The second-order valence-corrected chi connectivity index (χ2v) is 11.0. The maximum absolute atomic E-state index is 3.85. The Hall–Kier alpha value is 0.137. The highest BCUT2D eigenvalue weighted by atomic mass is 28.4.